The Hall–Kier alpha value is -2.85. The number of nitrogens with zero attached hydrogens (tertiary/aromatic N) is 4. The number of aliphatic hydroxyl groups excluding tert-OH is 1. The zero-order valence-electron chi connectivity index (χ0n) is 18.0. The fraction of sp³-hybridized carbons (Fsp3) is 0.435. The third-order valence-electron chi connectivity index (χ3n) is 6.50. The summed E-state index contributed by atoms with van der Waals surface area (Å²) >= 11 is 5.49. The third-order valence-corrected chi connectivity index (χ3v) is 6.72. The van der Waals surface area contributed by atoms with Crippen molar-refractivity contribution in [1.82, 2.24) is 19.9 Å². The predicted octanol–water partition coefficient (Wildman–Crippen LogP) is 3.94. The molecule has 2 aromatic heterocycles. The zero-order chi connectivity index (χ0) is 22.9. The second kappa shape index (κ2) is 9.18. The molecule has 3 N–H and O–H groups in total. The summed E-state index contributed by atoms with van der Waals surface area (Å²) < 4.78 is 29.9. The second-order valence-electron chi connectivity index (χ2n) is 8.73. The maximum Gasteiger partial charge on any atom is 0.180 e. The summed E-state index contributed by atoms with van der Waals surface area (Å²) in [5.41, 5.74) is 1.61. The summed E-state index contributed by atoms with van der Waals surface area (Å²) in [6.07, 6.45) is 8.11. The fourth-order valence-corrected chi connectivity index (χ4v) is 5.08. The topological polar surface area (TPSA) is 77.7 Å². The highest BCUT2D eigenvalue weighted by Crippen LogP contribution is 2.37. The molecule has 1 atom stereocenters. The fourth-order valence-electron chi connectivity index (χ4n) is 4.81. The van der Waals surface area contributed by atoms with Crippen LogP contribution in [0.15, 0.2) is 36.7 Å². The molecule has 1 saturated heterocycles. The van der Waals surface area contributed by atoms with Crippen LogP contribution in [0.1, 0.15) is 50.1 Å². The van der Waals surface area contributed by atoms with Crippen molar-refractivity contribution in [2.24, 2.45) is 0 Å². The van der Waals surface area contributed by atoms with E-state index in [0.29, 0.717) is 34.4 Å². The Labute approximate surface area is 195 Å². The minimum absolute atomic E-state index is 0.220. The Morgan fingerprint density at radius 3 is 2.76 bits per heavy atom. The molecule has 5 rings (SSSR count). The van der Waals surface area contributed by atoms with Gasteiger partial charge in [0.05, 0.1) is 18.3 Å². The van der Waals surface area contributed by atoms with Gasteiger partial charge in [-0.25, -0.2) is 18.3 Å². The molecule has 1 aliphatic carbocycles. The SMILES string of the molecule is OC1CCC(NC(=S)Nc2cnn3ccc(N4CCC[C@@H]4c4cc(F)ccc4F)nc23)CC1. The Balaban J connectivity index is 1.35. The number of hydrogen-bond acceptors (Lipinski definition) is 5. The van der Waals surface area contributed by atoms with Crippen molar-refractivity contribution in [3.8, 4) is 0 Å². The first-order chi connectivity index (χ1) is 16.0. The van der Waals surface area contributed by atoms with Crippen molar-refractivity contribution >= 4 is 34.5 Å². The molecule has 0 bridgehead atoms. The van der Waals surface area contributed by atoms with Gasteiger partial charge in [-0.2, -0.15) is 5.10 Å². The quantitative estimate of drug-likeness (QED) is 0.497. The number of rotatable bonds is 4. The molecule has 2 aliphatic rings. The van der Waals surface area contributed by atoms with E-state index in [1.54, 1.807) is 16.9 Å². The molecule has 1 aromatic carbocycles. The van der Waals surface area contributed by atoms with Crippen molar-refractivity contribution in [2.75, 3.05) is 16.8 Å². The van der Waals surface area contributed by atoms with Crippen LogP contribution < -0.4 is 15.5 Å². The summed E-state index contributed by atoms with van der Waals surface area (Å²) in [5, 5.41) is 21.0. The van der Waals surface area contributed by atoms with E-state index >= 15 is 0 Å². The number of aromatic nitrogens is 3. The lowest BCUT2D eigenvalue weighted by Crippen LogP contribution is -2.40. The second-order valence-corrected chi connectivity index (χ2v) is 9.14. The molecule has 2 fully saturated rings. The normalized spacial score (nSPS) is 23.1. The molecule has 0 spiro atoms. The highest BCUT2D eigenvalue weighted by Gasteiger charge is 2.30. The lowest BCUT2D eigenvalue weighted by atomic mass is 9.93. The van der Waals surface area contributed by atoms with E-state index in [9.17, 15) is 13.9 Å². The maximum atomic E-state index is 14.5. The lowest BCUT2D eigenvalue weighted by molar-refractivity contribution is 0.120. The summed E-state index contributed by atoms with van der Waals surface area (Å²) in [5.74, 6) is -0.178. The maximum absolute atomic E-state index is 14.5. The van der Waals surface area contributed by atoms with Crippen LogP contribution in [0.4, 0.5) is 20.3 Å². The van der Waals surface area contributed by atoms with Gasteiger partial charge in [0.2, 0.25) is 0 Å². The zero-order valence-corrected chi connectivity index (χ0v) is 18.9. The molecule has 3 aromatic rings. The van der Waals surface area contributed by atoms with E-state index in [-0.39, 0.29) is 18.2 Å². The number of fused-ring (bicyclic) bond motifs is 1. The first-order valence-electron chi connectivity index (χ1n) is 11.3. The number of benzene rings is 1. The Kier molecular flexibility index (Phi) is 6.11. The Morgan fingerprint density at radius 2 is 1.94 bits per heavy atom. The van der Waals surface area contributed by atoms with Crippen LogP contribution in [0.5, 0.6) is 0 Å². The van der Waals surface area contributed by atoms with Crippen LogP contribution in [0, 0.1) is 11.6 Å². The molecule has 1 saturated carbocycles. The summed E-state index contributed by atoms with van der Waals surface area (Å²) in [7, 11) is 0. The van der Waals surface area contributed by atoms with Crippen LogP contribution in [0.3, 0.4) is 0 Å². The number of aliphatic hydroxyl groups is 1. The van der Waals surface area contributed by atoms with Gasteiger partial charge in [-0.05, 0) is 75.0 Å². The van der Waals surface area contributed by atoms with Crippen molar-refractivity contribution < 1.29 is 13.9 Å². The van der Waals surface area contributed by atoms with E-state index in [4.69, 9.17) is 17.2 Å². The molecule has 174 valence electrons. The minimum atomic E-state index is -0.447. The van der Waals surface area contributed by atoms with Gasteiger partial charge in [-0.15, -0.1) is 0 Å². The van der Waals surface area contributed by atoms with E-state index in [2.05, 4.69) is 15.7 Å². The van der Waals surface area contributed by atoms with Gasteiger partial charge in [0.15, 0.2) is 10.8 Å². The predicted molar refractivity (Wildman–Crippen MR) is 126 cm³/mol. The third kappa shape index (κ3) is 4.63. The monoisotopic (exact) mass is 472 g/mol. The van der Waals surface area contributed by atoms with E-state index in [0.717, 1.165) is 44.6 Å². The first kappa shape index (κ1) is 22.0. The summed E-state index contributed by atoms with van der Waals surface area (Å²) in [6, 6.07) is 5.38. The lowest BCUT2D eigenvalue weighted by Gasteiger charge is -2.27. The van der Waals surface area contributed by atoms with Crippen LogP contribution in [0.2, 0.25) is 0 Å². The van der Waals surface area contributed by atoms with E-state index in [1.165, 1.54) is 12.1 Å². The molecule has 0 unspecified atom stereocenters. The molecular weight excluding hydrogens is 446 g/mol. The summed E-state index contributed by atoms with van der Waals surface area (Å²) in [6.45, 7) is 0.703. The Bertz CT molecular complexity index is 1160. The molecule has 3 heterocycles. The van der Waals surface area contributed by atoms with Crippen molar-refractivity contribution in [3.63, 3.8) is 0 Å². The molecule has 1 aliphatic heterocycles. The number of thiocarbonyl (C=S) groups is 1. The molecular formula is C23H26F2N6OS. The van der Waals surface area contributed by atoms with Crippen LogP contribution in [0.25, 0.3) is 5.65 Å². The number of halogens is 2. The van der Waals surface area contributed by atoms with Crippen molar-refractivity contribution in [3.05, 3.63) is 53.9 Å². The van der Waals surface area contributed by atoms with Gasteiger partial charge in [-0.3, -0.25) is 0 Å². The van der Waals surface area contributed by atoms with E-state index < -0.39 is 11.6 Å². The van der Waals surface area contributed by atoms with Gasteiger partial charge in [0.25, 0.3) is 0 Å². The van der Waals surface area contributed by atoms with Crippen molar-refractivity contribution in [1.29, 1.82) is 0 Å². The summed E-state index contributed by atoms with van der Waals surface area (Å²) in [4.78, 5) is 6.79. The highest BCUT2D eigenvalue weighted by atomic mass is 32.1. The van der Waals surface area contributed by atoms with Gasteiger partial charge < -0.3 is 20.6 Å². The molecule has 0 amide bonds. The molecule has 33 heavy (non-hydrogen) atoms. The number of hydrogen-bond donors (Lipinski definition) is 3. The van der Waals surface area contributed by atoms with Gasteiger partial charge in [0, 0.05) is 24.3 Å². The molecule has 0 radical (unpaired) electrons. The minimum Gasteiger partial charge on any atom is -0.393 e. The van der Waals surface area contributed by atoms with E-state index in [1.807, 2.05) is 11.0 Å². The van der Waals surface area contributed by atoms with Gasteiger partial charge in [-0.1, -0.05) is 0 Å². The Morgan fingerprint density at radius 1 is 1.12 bits per heavy atom. The average Bonchev–Trinajstić information content (AvgIpc) is 3.44. The van der Waals surface area contributed by atoms with Crippen molar-refractivity contribution in [2.45, 2.75) is 56.7 Å². The highest BCUT2D eigenvalue weighted by molar-refractivity contribution is 7.80. The van der Waals surface area contributed by atoms with Crippen LogP contribution in [-0.2, 0) is 0 Å². The van der Waals surface area contributed by atoms with Gasteiger partial charge >= 0.3 is 0 Å². The van der Waals surface area contributed by atoms with Gasteiger partial charge in [0.1, 0.15) is 23.1 Å². The average molecular weight is 473 g/mol. The largest absolute Gasteiger partial charge is 0.393 e. The first-order valence-corrected chi connectivity index (χ1v) is 11.7. The number of nitrogens with one attached hydrogen (secondary N) is 2. The van der Waals surface area contributed by atoms with Crippen LogP contribution in [-0.4, -0.2) is 43.5 Å². The smallest absolute Gasteiger partial charge is 0.180 e. The number of anilines is 2. The molecule has 7 nitrogen and oxygen atoms in total. The van der Waals surface area contributed by atoms with Crippen LogP contribution >= 0.6 is 12.2 Å². The molecule has 10 heteroatoms. The standard InChI is InChI=1S/C23H26F2N6OS/c24-14-3-8-18(25)17(12-14)20-2-1-10-30(20)21-9-11-31-22(29-21)19(13-26-31)28-23(33)27-15-4-6-16(32)7-5-15/h3,8-9,11-13,15-16,20,32H,1-2,4-7,10H2,(H2,27,28,33)/t15?,16?,20-/m1/s1.